The lowest BCUT2D eigenvalue weighted by Gasteiger charge is -2.25. The maximum Gasteiger partial charge on any atom is 0.278 e. The lowest BCUT2D eigenvalue weighted by molar-refractivity contribution is 0.350. The number of thiophene rings is 1. The van der Waals surface area contributed by atoms with E-state index >= 15 is 0 Å². The van der Waals surface area contributed by atoms with Crippen LogP contribution in [0.2, 0.25) is 0 Å². The number of pyridine rings is 1. The van der Waals surface area contributed by atoms with E-state index in [0.717, 1.165) is 34.6 Å². The van der Waals surface area contributed by atoms with Crippen molar-refractivity contribution in [2.75, 3.05) is 39.3 Å². The Morgan fingerprint density at radius 3 is 2.59 bits per heavy atom. The van der Waals surface area contributed by atoms with E-state index in [1.807, 2.05) is 41.8 Å². The van der Waals surface area contributed by atoms with Gasteiger partial charge in [0.1, 0.15) is 5.39 Å². The second-order valence-electron chi connectivity index (χ2n) is 12.0. The summed E-state index contributed by atoms with van der Waals surface area (Å²) < 4.78 is 32.0. The van der Waals surface area contributed by atoms with Crippen LogP contribution < -0.4 is 10.9 Å². The summed E-state index contributed by atoms with van der Waals surface area (Å²) in [7, 11) is 2.27. The topological polar surface area (TPSA) is 123 Å². The van der Waals surface area contributed by atoms with Crippen molar-refractivity contribution in [3.63, 3.8) is 0 Å². The first-order chi connectivity index (χ1) is 22.0. The zero-order chi connectivity index (χ0) is 32.2. The molecular weight excluding hydrogens is 623 g/mol. The van der Waals surface area contributed by atoms with E-state index in [-0.39, 0.29) is 5.56 Å². The molecule has 14 heteroatoms. The predicted octanol–water partition coefficient (Wildman–Crippen LogP) is 4.23. The summed E-state index contributed by atoms with van der Waals surface area (Å²) >= 11 is 1.56. The number of nitrogens with zero attached hydrogens (tertiary/aromatic N) is 8. The number of rotatable bonds is 11. The molecule has 6 aromatic rings. The summed E-state index contributed by atoms with van der Waals surface area (Å²) in [5, 5.41) is 6.75. The maximum atomic E-state index is 13.8. The SMILES string of the molecule is CN(C)CCn1ccc2cc(Nc3ncc4c(=O)n(Cc5cccs5)n(-c5cccc(C6(N(C)S(C)(=O)=O)CC6)n5)c4n3)ccc21. The fourth-order valence-electron chi connectivity index (χ4n) is 5.89. The first-order valence-electron chi connectivity index (χ1n) is 15.0. The highest BCUT2D eigenvalue weighted by atomic mass is 32.2. The van der Waals surface area contributed by atoms with Crippen molar-refractivity contribution >= 4 is 54.9 Å². The quantitative estimate of drug-likeness (QED) is 0.220. The third-order valence-electron chi connectivity index (χ3n) is 8.63. The van der Waals surface area contributed by atoms with Crippen LogP contribution >= 0.6 is 11.3 Å². The molecule has 7 rings (SSSR count). The van der Waals surface area contributed by atoms with Crippen LogP contribution in [0.3, 0.4) is 0 Å². The number of fused-ring (bicyclic) bond motifs is 2. The zero-order valence-electron chi connectivity index (χ0n) is 26.1. The Balaban J connectivity index is 1.30. The first-order valence-corrected chi connectivity index (χ1v) is 17.7. The Kier molecular flexibility index (Phi) is 7.54. The lowest BCUT2D eigenvalue weighted by atomic mass is 10.1. The van der Waals surface area contributed by atoms with Crippen molar-refractivity contribution < 1.29 is 8.42 Å². The van der Waals surface area contributed by atoms with Gasteiger partial charge in [0.2, 0.25) is 16.0 Å². The van der Waals surface area contributed by atoms with Gasteiger partial charge in [0.05, 0.1) is 24.0 Å². The van der Waals surface area contributed by atoms with Crippen LogP contribution in [-0.4, -0.2) is 80.4 Å². The molecule has 5 aromatic heterocycles. The van der Waals surface area contributed by atoms with Gasteiger partial charge in [-0.1, -0.05) is 12.1 Å². The highest BCUT2D eigenvalue weighted by molar-refractivity contribution is 7.88. The second kappa shape index (κ2) is 11.5. The van der Waals surface area contributed by atoms with Crippen molar-refractivity contribution in [2.24, 2.45) is 0 Å². The van der Waals surface area contributed by atoms with Crippen molar-refractivity contribution in [2.45, 2.75) is 31.5 Å². The molecule has 5 heterocycles. The minimum Gasteiger partial charge on any atom is -0.346 e. The summed E-state index contributed by atoms with van der Waals surface area (Å²) in [4.78, 5) is 31.3. The van der Waals surface area contributed by atoms with E-state index < -0.39 is 15.6 Å². The van der Waals surface area contributed by atoms with Crippen LogP contribution in [0.1, 0.15) is 23.4 Å². The van der Waals surface area contributed by atoms with Gasteiger partial charge in [0.15, 0.2) is 11.5 Å². The molecule has 0 unspecified atom stereocenters. The number of sulfonamides is 1. The average molecular weight is 658 g/mol. The van der Waals surface area contributed by atoms with Crippen LogP contribution in [0.15, 0.2) is 77.2 Å². The Bertz CT molecular complexity index is 2230. The third kappa shape index (κ3) is 5.51. The third-order valence-corrected chi connectivity index (χ3v) is 10.8. The van der Waals surface area contributed by atoms with E-state index in [2.05, 4.69) is 58.3 Å². The highest BCUT2D eigenvalue weighted by Gasteiger charge is 2.52. The molecule has 1 aliphatic carbocycles. The summed E-state index contributed by atoms with van der Waals surface area (Å²) in [6.45, 7) is 2.15. The smallest absolute Gasteiger partial charge is 0.278 e. The molecule has 1 aromatic carbocycles. The van der Waals surface area contributed by atoms with Gasteiger partial charge >= 0.3 is 0 Å². The number of hydrogen-bond donors (Lipinski definition) is 1. The molecule has 46 heavy (non-hydrogen) atoms. The molecule has 0 amide bonds. The summed E-state index contributed by atoms with van der Waals surface area (Å²) in [5.41, 5.74) is 2.05. The molecule has 0 saturated heterocycles. The van der Waals surface area contributed by atoms with Crippen molar-refractivity contribution in [1.82, 2.24) is 38.1 Å². The van der Waals surface area contributed by atoms with Crippen LogP contribution in [0, 0.1) is 0 Å². The van der Waals surface area contributed by atoms with Crippen molar-refractivity contribution in [3.05, 3.63) is 93.3 Å². The Morgan fingerprint density at radius 2 is 1.87 bits per heavy atom. The number of likely N-dealkylation sites (N-methyl/N-ethyl adjacent to an activating group) is 1. The van der Waals surface area contributed by atoms with Gasteiger partial charge in [0, 0.05) is 54.0 Å². The Morgan fingerprint density at radius 1 is 1.04 bits per heavy atom. The number of benzene rings is 1. The summed E-state index contributed by atoms with van der Waals surface area (Å²) in [6, 6.07) is 17.7. The molecule has 1 saturated carbocycles. The molecule has 238 valence electrons. The van der Waals surface area contributed by atoms with Gasteiger partial charge < -0.3 is 14.8 Å². The largest absolute Gasteiger partial charge is 0.346 e. The zero-order valence-corrected chi connectivity index (χ0v) is 27.7. The van der Waals surface area contributed by atoms with Crippen LogP contribution in [0.5, 0.6) is 0 Å². The second-order valence-corrected chi connectivity index (χ2v) is 15.1. The van der Waals surface area contributed by atoms with E-state index in [4.69, 9.17) is 9.97 Å². The molecule has 0 spiro atoms. The van der Waals surface area contributed by atoms with Gasteiger partial charge in [-0.25, -0.2) is 27.7 Å². The number of anilines is 2. The highest BCUT2D eigenvalue weighted by Crippen LogP contribution is 2.50. The molecule has 0 aliphatic heterocycles. The molecule has 1 N–H and O–H groups in total. The first kappa shape index (κ1) is 30.3. The number of aromatic nitrogens is 6. The fourth-order valence-corrected chi connectivity index (χ4v) is 7.49. The van der Waals surface area contributed by atoms with Gasteiger partial charge in [-0.3, -0.25) is 4.79 Å². The Hall–Kier alpha value is -4.37. The predicted molar refractivity (Wildman–Crippen MR) is 182 cm³/mol. The van der Waals surface area contributed by atoms with Gasteiger partial charge in [-0.15, -0.1) is 11.3 Å². The van der Waals surface area contributed by atoms with Crippen LogP contribution in [-0.2, 0) is 28.7 Å². The van der Waals surface area contributed by atoms with Gasteiger partial charge in [0.25, 0.3) is 5.56 Å². The van der Waals surface area contributed by atoms with Crippen molar-refractivity contribution in [3.8, 4) is 5.82 Å². The maximum absolute atomic E-state index is 13.8. The van der Waals surface area contributed by atoms with E-state index in [1.54, 1.807) is 33.9 Å². The molecule has 0 radical (unpaired) electrons. The number of nitrogens with one attached hydrogen (secondary N) is 1. The standard InChI is InChI=1S/C32H35N9O3S2/c1-37(2)16-17-39-15-12-22-19-23(10-11-26(22)39)34-31-33-20-25-29(36-31)41(40(30(25)42)21-24-7-6-18-45-24)28-9-5-8-27(35-28)32(13-14-32)38(3)46(4,43)44/h5-12,15,18-20H,13-14,16-17,21H2,1-4H3,(H,33,34,36). The number of hydrogen-bond acceptors (Lipinski definition) is 9. The van der Waals surface area contributed by atoms with E-state index in [9.17, 15) is 13.2 Å². The van der Waals surface area contributed by atoms with Crippen LogP contribution in [0.25, 0.3) is 27.8 Å². The molecular formula is C32H35N9O3S2. The van der Waals surface area contributed by atoms with Gasteiger partial charge in [-0.2, -0.15) is 9.29 Å². The molecule has 1 fully saturated rings. The van der Waals surface area contributed by atoms with E-state index in [0.29, 0.717) is 47.9 Å². The minimum absolute atomic E-state index is 0.239. The van der Waals surface area contributed by atoms with Crippen molar-refractivity contribution in [1.29, 1.82) is 0 Å². The molecule has 1 aliphatic rings. The van der Waals surface area contributed by atoms with E-state index in [1.165, 1.54) is 10.6 Å². The minimum atomic E-state index is -3.45. The Labute approximate surface area is 270 Å². The summed E-state index contributed by atoms with van der Waals surface area (Å²) in [5.74, 6) is 0.812. The average Bonchev–Trinajstić information content (AvgIpc) is 3.34. The lowest BCUT2D eigenvalue weighted by Crippen LogP contribution is -2.37. The summed E-state index contributed by atoms with van der Waals surface area (Å²) in [6.07, 6.45) is 6.19. The molecule has 0 bridgehead atoms. The monoisotopic (exact) mass is 657 g/mol. The normalized spacial score (nSPS) is 14.6. The van der Waals surface area contributed by atoms with Crippen LogP contribution in [0.4, 0.5) is 11.6 Å². The van der Waals surface area contributed by atoms with Gasteiger partial charge in [-0.05, 0) is 74.8 Å². The fraction of sp³-hybridized carbons (Fsp3) is 0.312. The molecule has 12 nitrogen and oxygen atoms in total. The molecule has 0 atom stereocenters.